The first-order valence-corrected chi connectivity index (χ1v) is 21.8. The number of rotatable bonds is 3. The van der Waals surface area contributed by atoms with E-state index in [-0.39, 0.29) is 48.0 Å². The second-order valence-corrected chi connectivity index (χ2v) is 18.8. The average Bonchev–Trinajstić information content (AvgIpc) is 3.16. The highest BCUT2D eigenvalue weighted by molar-refractivity contribution is 5.91. The zero-order valence-electron chi connectivity index (χ0n) is 36.4. The zero-order chi connectivity index (χ0) is 42.7. The first-order valence-electron chi connectivity index (χ1n) is 21.8. The van der Waals surface area contributed by atoms with Gasteiger partial charge >= 0.3 is 5.97 Å². The summed E-state index contributed by atoms with van der Waals surface area (Å²) in [7, 11) is 0. The van der Waals surface area contributed by atoms with Gasteiger partial charge in [0.2, 0.25) is 0 Å². The summed E-state index contributed by atoms with van der Waals surface area (Å²) >= 11 is 0. The summed E-state index contributed by atoms with van der Waals surface area (Å²) in [5.74, 6) is -6.50. The predicted octanol–water partition coefficient (Wildman–Crippen LogP) is 5.48. The molecule has 0 aromatic carbocycles. The maximum absolute atomic E-state index is 14.3. The van der Waals surface area contributed by atoms with Crippen LogP contribution in [0, 0.1) is 58.5 Å². The quantitative estimate of drug-likeness (QED) is 0.105. The Hall–Kier alpha value is -2.19. The van der Waals surface area contributed by atoms with Crippen molar-refractivity contribution < 1.29 is 54.1 Å². The summed E-state index contributed by atoms with van der Waals surface area (Å²) in [5, 5.41) is 70.3. The number of aliphatic hydroxyl groups is 5. The SMILES string of the molecule is CC[C@H]1/C=C/C=C/C[C@@H](C)[C@H](O)[C@@](C)(O)C(=O)[C@@H](C)[C@H](O)[C@@H](C)C2=[15N+]([O-])[C@@H](CC(=O)O[C@@H]3[C@H](C)[C@H](CC1)O[C@]1(CC[C@H](C)[C@H](C[C@@H](C)O)O1)[C@@H]3C)[C@H](C)[C@@H](O)[C@@H]2C. The zero-order valence-corrected chi connectivity index (χ0v) is 36.4. The van der Waals surface area contributed by atoms with E-state index in [1.54, 1.807) is 34.6 Å². The molecule has 12 nitrogen and oxygen atoms in total. The van der Waals surface area contributed by atoms with E-state index in [9.17, 15) is 40.3 Å². The molecule has 2 saturated heterocycles. The molecule has 0 aliphatic carbocycles. The van der Waals surface area contributed by atoms with Crippen molar-refractivity contribution in [1.29, 1.82) is 0 Å². The monoisotopic (exact) mass is 807 g/mol. The number of aliphatic hydroxyl groups excluding tert-OH is 4. The van der Waals surface area contributed by atoms with Crippen molar-refractivity contribution in [2.24, 2.45) is 53.3 Å². The van der Waals surface area contributed by atoms with Crippen LogP contribution in [-0.4, -0.2) is 108 Å². The van der Waals surface area contributed by atoms with Gasteiger partial charge in [-0.2, -0.15) is 0 Å². The van der Waals surface area contributed by atoms with Gasteiger partial charge in [-0.25, -0.2) is 4.74 Å². The molecule has 0 aromatic heterocycles. The van der Waals surface area contributed by atoms with Crippen molar-refractivity contribution in [1.82, 2.24) is 0 Å². The number of carbonyl (C=O) groups is 2. The van der Waals surface area contributed by atoms with E-state index in [0.717, 1.165) is 24.0 Å². The highest BCUT2D eigenvalue weighted by Gasteiger charge is 2.57. The summed E-state index contributed by atoms with van der Waals surface area (Å²) in [5.41, 5.74) is -2.03. The summed E-state index contributed by atoms with van der Waals surface area (Å²) in [4.78, 5) is 27.9. The first kappa shape index (κ1) is 47.5. The average molecular weight is 807 g/mol. The van der Waals surface area contributed by atoms with Crippen molar-refractivity contribution >= 4 is 17.5 Å². The van der Waals surface area contributed by atoms with Crippen LogP contribution in [0.25, 0.3) is 0 Å². The van der Waals surface area contributed by atoms with Gasteiger partial charge in [-0.3, -0.25) is 9.59 Å². The fraction of sp³-hybridized carbons (Fsp3) is 0.844. The van der Waals surface area contributed by atoms with Gasteiger partial charge in [-0.05, 0) is 70.1 Å². The van der Waals surface area contributed by atoms with Gasteiger partial charge in [0.05, 0.1) is 48.5 Å². The molecule has 5 N–H and O–H groups in total. The molecule has 57 heavy (non-hydrogen) atoms. The molecule has 4 aliphatic heterocycles. The Labute approximate surface area is 341 Å². The molecule has 0 aromatic rings. The topological polar surface area (TPSA) is 189 Å². The number of carbonyl (C=O) groups excluding carboxylic acids is 2. The molecule has 0 radical (unpaired) electrons. The Kier molecular flexibility index (Phi) is 16.2. The molecule has 4 aliphatic rings. The molecule has 0 saturated carbocycles. The molecule has 4 bridgehead atoms. The highest BCUT2D eigenvalue weighted by atomic mass is 16.7. The summed E-state index contributed by atoms with van der Waals surface area (Å²) in [6.07, 6.45) is 6.60. The van der Waals surface area contributed by atoms with E-state index in [1.165, 1.54) is 13.8 Å². The minimum Gasteiger partial charge on any atom is -0.624 e. The van der Waals surface area contributed by atoms with Crippen LogP contribution in [0.1, 0.15) is 128 Å². The predicted molar refractivity (Wildman–Crippen MR) is 218 cm³/mol. The minimum atomic E-state index is -2.18. The molecule has 4 rings (SSSR count). The number of fused-ring (bicyclic) bond motifs is 3. The van der Waals surface area contributed by atoms with Crippen molar-refractivity contribution in [2.45, 2.75) is 188 Å². The van der Waals surface area contributed by atoms with E-state index in [1.807, 2.05) is 32.1 Å². The van der Waals surface area contributed by atoms with Crippen molar-refractivity contribution in [3.8, 4) is 0 Å². The number of hydrogen-bond donors (Lipinski definition) is 5. The lowest BCUT2D eigenvalue weighted by molar-refractivity contribution is -0.526. The fourth-order valence-electron chi connectivity index (χ4n) is 10.2. The number of hydrogen-bond acceptors (Lipinski definition) is 11. The number of esters is 1. The van der Waals surface area contributed by atoms with Crippen molar-refractivity contribution in [2.75, 3.05) is 0 Å². The lowest BCUT2D eigenvalue weighted by Crippen LogP contribution is -2.62. The number of ketones is 1. The molecule has 1 spiro atoms. The van der Waals surface area contributed by atoms with Crippen molar-refractivity contribution in [3.63, 3.8) is 0 Å². The van der Waals surface area contributed by atoms with Crippen LogP contribution in [0.15, 0.2) is 24.3 Å². The first-order chi connectivity index (χ1) is 26.6. The van der Waals surface area contributed by atoms with Gasteiger partial charge in [0.1, 0.15) is 18.1 Å². The van der Waals surface area contributed by atoms with Gasteiger partial charge in [-0.1, -0.05) is 86.6 Å². The van der Waals surface area contributed by atoms with Gasteiger partial charge in [0.25, 0.3) is 0 Å². The second kappa shape index (κ2) is 19.5. The standard InChI is InChI=1S/C45H75NO11/c1-12-33-17-15-13-14-16-25(3)42(51)44(11,53)43(52)31(9)40(50)30(8)38-29(7)39(49)27(5)34(46(38)54)23-37(48)55-41-28(6)35(19-18-33)56-45(32(41)10)21-20-24(2)36(57-45)22-26(4)47/h13-15,17,24-36,39-42,47,49-51,53H,12,16,18-23H2,1-11H3/b14-13+,17-15+/t24-,25+,26+,27-,28+,29+,30-,31-,32+,33-,34-,35-,36-,39+,40+,41+,42-,44+,45-/m0/s1/i46+1. The molecule has 4 heterocycles. The summed E-state index contributed by atoms with van der Waals surface area (Å²) in [6, 6.07) is -1.02. The van der Waals surface area contributed by atoms with Crippen molar-refractivity contribution in [3.05, 3.63) is 29.5 Å². The van der Waals surface area contributed by atoms with Crippen LogP contribution < -0.4 is 0 Å². The minimum absolute atomic E-state index is 0.151. The number of hydroxylamine groups is 1. The van der Waals surface area contributed by atoms with E-state index >= 15 is 0 Å². The van der Waals surface area contributed by atoms with Crippen LogP contribution in [0.3, 0.4) is 0 Å². The fourth-order valence-corrected chi connectivity index (χ4v) is 10.2. The lowest BCUT2D eigenvalue weighted by atomic mass is 9.73. The van der Waals surface area contributed by atoms with Crippen LogP contribution in [-0.2, 0) is 23.8 Å². The number of nitrogens with zero attached hydrogens (tertiary/aromatic N) is 1. The number of Topliss-reactive ketones (excluding diaryl/α,β-unsaturated/α-hetero) is 1. The number of allylic oxidation sites excluding steroid dienone is 4. The highest BCUT2D eigenvalue weighted by Crippen LogP contribution is 2.49. The van der Waals surface area contributed by atoms with Crippen LogP contribution in [0.5, 0.6) is 0 Å². The number of ether oxygens (including phenoxy) is 3. The lowest BCUT2D eigenvalue weighted by Gasteiger charge is -2.55. The summed E-state index contributed by atoms with van der Waals surface area (Å²) < 4.78 is 21.0. The van der Waals surface area contributed by atoms with Gasteiger partial charge in [0, 0.05) is 30.1 Å². The molecule has 326 valence electrons. The third-order valence-corrected chi connectivity index (χ3v) is 14.5. The van der Waals surface area contributed by atoms with E-state index in [4.69, 9.17) is 14.2 Å². The third kappa shape index (κ3) is 10.2. The Bertz CT molecular complexity index is 1460. The Balaban J connectivity index is 1.76. The van der Waals surface area contributed by atoms with Gasteiger partial charge in [-0.15, -0.1) is 0 Å². The van der Waals surface area contributed by atoms with E-state index in [2.05, 4.69) is 19.9 Å². The smallest absolute Gasteiger partial charge is 0.312 e. The van der Waals surface area contributed by atoms with E-state index in [0.29, 0.717) is 25.7 Å². The molecule has 12 heteroatoms. The Morgan fingerprint density at radius 3 is 2.18 bits per heavy atom. The molecular formula is C45H75NO11. The Morgan fingerprint density at radius 2 is 1.54 bits per heavy atom. The molecule has 0 amide bonds. The molecule has 19 atom stereocenters. The summed E-state index contributed by atoms with van der Waals surface area (Å²) in [6.45, 7) is 19.5. The van der Waals surface area contributed by atoms with Crippen LogP contribution in [0.2, 0.25) is 0 Å². The molecule has 2 fully saturated rings. The second-order valence-electron chi connectivity index (χ2n) is 18.8. The Morgan fingerprint density at radius 1 is 0.895 bits per heavy atom. The van der Waals surface area contributed by atoms with Crippen LogP contribution >= 0.6 is 0 Å². The maximum Gasteiger partial charge on any atom is 0.312 e. The maximum atomic E-state index is 14.3. The molecular weight excluding hydrogens is 731 g/mol. The van der Waals surface area contributed by atoms with Gasteiger partial charge in [0.15, 0.2) is 23.3 Å². The largest absolute Gasteiger partial charge is 0.624 e. The third-order valence-electron chi connectivity index (χ3n) is 14.5. The van der Waals surface area contributed by atoms with Crippen LogP contribution in [0.4, 0.5) is 0 Å². The van der Waals surface area contributed by atoms with Gasteiger partial charge < -0.3 is 45.0 Å². The van der Waals surface area contributed by atoms with E-state index < -0.39 is 89.3 Å². The molecule has 0 unspecified atom stereocenters. The normalized spacial score (nSPS) is 47.8.